The average Bonchev–Trinajstić information content (AvgIpc) is 2.68. The Labute approximate surface area is 144 Å². The minimum Gasteiger partial charge on any atom is -0.465 e. The zero-order chi connectivity index (χ0) is 18.2. The molecule has 0 saturated heterocycles. The highest BCUT2D eigenvalue weighted by Crippen LogP contribution is 2.23. The maximum Gasteiger partial charge on any atom is 0.337 e. The number of benzene rings is 2. The average molecular weight is 328 g/mol. The number of ether oxygens (including phenoxy) is 1. The second-order valence-electron chi connectivity index (χ2n) is 4.86. The van der Waals surface area contributed by atoms with E-state index in [2.05, 4.69) is 5.32 Å². The van der Waals surface area contributed by atoms with Gasteiger partial charge in [-0.05, 0) is 35.4 Å². The maximum absolute atomic E-state index is 11.6. The highest BCUT2D eigenvalue weighted by molar-refractivity contribution is 5.91. The molecule has 25 heavy (non-hydrogen) atoms. The molecule has 2 aromatic carbocycles. The van der Waals surface area contributed by atoms with Gasteiger partial charge >= 0.3 is 5.97 Å². The van der Waals surface area contributed by atoms with Gasteiger partial charge in [0.15, 0.2) is 5.57 Å². The van der Waals surface area contributed by atoms with E-state index in [1.807, 2.05) is 6.07 Å². The summed E-state index contributed by atoms with van der Waals surface area (Å²) in [6.45, 7) is 0. The molecule has 0 fully saturated rings. The van der Waals surface area contributed by atoms with Gasteiger partial charge in [0.25, 0.3) is 0 Å². The maximum atomic E-state index is 11.6. The van der Waals surface area contributed by atoms with Crippen molar-refractivity contribution in [3.05, 3.63) is 65.4 Å². The number of esters is 1. The van der Waals surface area contributed by atoms with Crippen molar-refractivity contribution in [3.63, 3.8) is 0 Å². The zero-order valence-electron chi connectivity index (χ0n) is 13.3. The van der Waals surface area contributed by atoms with Crippen LogP contribution in [0.4, 0.5) is 5.69 Å². The number of nitrogens with zero attached hydrogens (tertiary/aromatic N) is 3. The van der Waals surface area contributed by atoms with Crippen LogP contribution in [-0.4, -0.2) is 13.1 Å². The van der Waals surface area contributed by atoms with E-state index in [4.69, 9.17) is 20.5 Å². The molecule has 0 aromatic heterocycles. The predicted molar refractivity (Wildman–Crippen MR) is 90.7 cm³/mol. The van der Waals surface area contributed by atoms with Gasteiger partial charge in [-0.1, -0.05) is 24.3 Å². The van der Waals surface area contributed by atoms with Crippen LogP contribution in [0.2, 0.25) is 0 Å². The second-order valence-corrected chi connectivity index (χ2v) is 4.86. The largest absolute Gasteiger partial charge is 0.465 e. The van der Waals surface area contributed by atoms with Gasteiger partial charge in [0.1, 0.15) is 23.9 Å². The number of hydrogen-bond donors (Lipinski definition) is 1. The van der Waals surface area contributed by atoms with Crippen LogP contribution in [0.1, 0.15) is 10.4 Å². The van der Waals surface area contributed by atoms with Crippen molar-refractivity contribution in [1.82, 2.24) is 0 Å². The van der Waals surface area contributed by atoms with Gasteiger partial charge in [-0.2, -0.15) is 15.8 Å². The molecule has 0 heterocycles. The van der Waals surface area contributed by atoms with Crippen molar-refractivity contribution in [2.24, 2.45) is 0 Å². The van der Waals surface area contributed by atoms with E-state index in [0.717, 1.165) is 11.1 Å². The summed E-state index contributed by atoms with van der Waals surface area (Å²) in [5.74, 6) is -0.413. The van der Waals surface area contributed by atoms with Crippen LogP contribution in [0.15, 0.2) is 59.8 Å². The van der Waals surface area contributed by atoms with Gasteiger partial charge in [-0.3, -0.25) is 0 Å². The number of methoxy groups -OCH3 is 1. The first-order valence-electron chi connectivity index (χ1n) is 7.13. The first-order chi connectivity index (χ1) is 12.1. The Morgan fingerprint density at radius 3 is 2.20 bits per heavy atom. The van der Waals surface area contributed by atoms with Crippen molar-refractivity contribution in [3.8, 4) is 29.3 Å². The van der Waals surface area contributed by atoms with Crippen LogP contribution in [-0.2, 0) is 4.74 Å². The number of nitrogens with one attached hydrogen (secondary N) is 1. The fraction of sp³-hybridized carbons (Fsp3) is 0.0526. The standard InChI is InChI=1S/C19H12N4O2/c1-25-19(24)15-4-2-3-14(9-15)13-5-7-17(8-6-13)23-18(12-22)16(10-20)11-21/h2-9,23H,1H3. The van der Waals surface area contributed by atoms with E-state index in [1.54, 1.807) is 60.7 Å². The Balaban J connectivity index is 2.28. The number of hydrogen-bond acceptors (Lipinski definition) is 6. The lowest BCUT2D eigenvalue weighted by atomic mass is 10.0. The first-order valence-corrected chi connectivity index (χ1v) is 7.13. The fourth-order valence-electron chi connectivity index (χ4n) is 2.12. The highest BCUT2D eigenvalue weighted by Gasteiger charge is 2.08. The summed E-state index contributed by atoms with van der Waals surface area (Å²) in [5.41, 5.74) is 2.32. The van der Waals surface area contributed by atoms with E-state index in [-0.39, 0.29) is 11.3 Å². The summed E-state index contributed by atoms with van der Waals surface area (Å²) in [6.07, 6.45) is 0. The van der Waals surface area contributed by atoms with Crippen molar-refractivity contribution < 1.29 is 9.53 Å². The molecular formula is C19H12N4O2. The molecule has 0 spiro atoms. The first kappa shape index (κ1) is 17.3. The summed E-state index contributed by atoms with van der Waals surface area (Å²) >= 11 is 0. The third kappa shape index (κ3) is 4.01. The van der Waals surface area contributed by atoms with Gasteiger partial charge in [0, 0.05) is 5.69 Å². The number of carbonyl (C=O) groups is 1. The molecular weight excluding hydrogens is 316 g/mol. The van der Waals surface area contributed by atoms with E-state index < -0.39 is 5.97 Å². The van der Waals surface area contributed by atoms with Crippen LogP contribution >= 0.6 is 0 Å². The Morgan fingerprint density at radius 2 is 1.64 bits per heavy atom. The third-order valence-corrected chi connectivity index (χ3v) is 3.36. The molecule has 2 rings (SSSR count). The number of anilines is 1. The summed E-state index contributed by atoms with van der Waals surface area (Å²) in [7, 11) is 1.33. The molecule has 0 unspecified atom stereocenters. The number of nitriles is 3. The number of carbonyl (C=O) groups excluding carboxylic acids is 1. The Morgan fingerprint density at radius 1 is 0.960 bits per heavy atom. The second kappa shape index (κ2) is 7.97. The predicted octanol–water partition coefficient (Wildman–Crippen LogP) is 3.38. The van der Waals surface area contributed by atoms with Gasteiger partial charge in [-0.25, -0.2) is 4.79 Å². The summed E-state index contributed by atoms with van der Waals surface area (Å²) in [4.78, 5) is 11.6. The molecule has 0 radical (unpaired) electrons. The van der Waals surface area contributed by atoms with E-state index >= 15 is 0 Å². The van der Waals surface area contributed by atoms with Crippen molar-refractivity contribution >= 4 is 11.7 Å². The lowest BCUT2D eigenvalue weighted by molar-refractivity contribution is 0.0601. The summed E-state index contributed by atoms with van der Waals surface area (Å²) in [5, 5.41) is 29.5. The van der Waals surface area contributed by atoms with Crippen LogP contribution in [0.3, 0.4) is 0 Å². The molecule has 0 bridgehead atoms. The quantitative estimate of drug-likeness (QED) is 0.680. The van der Waals surface area contributed by atoms with Crippen LogP contribution < -0.4 is 5.32 Å². The lowest BCUT2D eigenvalue weighted by Gasteiger charge is -2.07. The van der Waals surface area contributed by atoms with Gasteiger partial charge in [0.2, 0.25) is 0 Å². The zero-order valence-corrected chi connectivity index (χ0v) is 13.3. The molecule has 0 aliphatic heterocycles. The molecule has 0 aliphatic carbocycles. The SMILES string of the molecule is COC(=O)c1cccc(-c2ccc(NC(C#N)=C(C#N)C#N)cc2)c1. The highest BCUT2D eigenvalue weighted by atomic mass is 16.5. The summed E-state index contributed by atoms with van der Waals surface area (Å²) in [6, 6.07) is 19.2. The Hall–Kier alpha value is -4.08. The van der Waals surface area contributed by atoms with Crippen molar-refractivity contribution in [2.75, 3.05) is 12.4 Å². The van der Waals surface area contributed by atoms with Crippen molar-refractivity contribution in [2.45, 2.75) is 0 Å². The van der Waals surface area contributed by atoms with Crippen LogP contribution in [0.25, 0.3) is 11.1 Å². The Kier molecular flexibility index (Phi) is 5.50. The van der Waals surface area contributed by atoms with E-state index in [1.165, 1.54) is 7.11 Å². The molecule has 2 aromatic rings. The molecule has 0 atom stereocenters. The minimum atomic E-state index is -0.413. The molecule has 6 nitrogen and oxygen atoms in total. The van der Waals surface area contributed by atoms with E-state index in [0.29, 0.717) is 11.3 Å². The van der Waals surface area contributed by atoms with Gasteiger partial charge in [0.05, 0.1) is 12.7 Å². The molecule has 120 valence electrons. The number of rotatable bonds is 4. The van der Waals surface area contributed by atoms with Crippen LogP contribution in [0, 0.1) is 34.0 Å². The lowest BCUT2D eigenvalue weighted by Crippen LogP contribution is -2.01. The molecule has 6 heteroatoms. The summed E-state index contributed by atoms with van der Waals surface area (Å²) < 4.78 is 4.71. The smallest absolute Gasteiger partial charge is 0.337 e. The third-order valence-electron chi connectivity index (χ3n) is 3.36. The monoisotopic (exact) mass is 328 g/mol. The Bertz CT molecular complexity index is 939. The van der Waals surface area contributed by atoms with Gasteiger partial charge < -0.3 is 10.1 Å². The number of allylic oxidation sites excluding steroid dienone is 2. The van der Waals surface area contributed by atoms with Crippen molar-refractivity contribution in [1.29, 1.82) is 15.8 Å². The van der Waals surface area contributed by atoms with Gasteiger partial charge in [-0.15, -0.1) is 0 Å². The van der Waals surface area contributed by atoms with E-state index in [9.17, 15) is 4.79 Å². The molecule has 0 aliphatic rings. The fourth-order valence-corrected chi connectivity index (χ4v) is 2.12. The normalized spacial score (nSPS) is 9.04. The molecule has 0 amide bonds. The topological polar surface area (TPSA) is 110 Å². The van der Waals surface area contributed by atoms with Crippen LogP contribution in [0.5, 0.6) is 0 Å². The molecule has 0 saturated carbocycles. The minimum absolute atomic E-state index is 0.106. The molecule has 1 N–H and O–H groups in total.